The van der Waals surface area contributed by atoms with Crippen LogP contribution in [0, 0.1) is 0 Å². The maximum atomic E-state index is 9.02. The number of rotatable bonds is 2. The molecule has 1 rings (SSSR count). The predicted octanol–water partition coefficient (Wildman–Crippen LogP) is 0.783. The van der Waals surface area contributed by atoms with Crippen molar-refractivity contribution in [3.63, 3.8) is 0 Å². The van der Waals surface area contributed by atoms with Gasteiger partial charge in [0.15, 0.2) is 0 Å². The van der Waals surface area contributed by atoms with Crippen LogP contribution in [0.2, 0.25) is 0 Å². The third kappa shape index (κ3) is 1.57. The molecule has 1 N–H and O–H groups in total. The topological polar surface area (TPSA) is 41.8 Å². The lowest BCUT2D eigenvalue weighted by molar-refractivity contribution is 0.00934. The first-order chi connectivity index (χ1) is 5.62. The second-order valence-electron chi connectivity index (χ2n) is 3.25. The van der Waals surface area contributed by atoms with Gasteiger partial charge < -0.3 is 9.84 Å². The summed E-state index contributed by atoms with van der Waals surface area (Å²) in [6, 6.07) is -0.175. The van der Waals surface area contributed by atoms with Crippen LogP contribution in [-0.2, 0) is 4.74 Å². The van der Waals surface area contributed by atoms with Crippen LogP contribution >= 0.6 is 0 Å². The van der Waals surface area contributed by atoms with Crippen molar-refractivity contribution in [3.05, 3.63) is 11.6 Å². The number of hydrogen-bond donors (Lipinski definition) is 1. The first-order valence-corrected chi connectivity index (χ1v) is 4.01. The molecule has 0 aliphatic carbocycles. The van der Waals surface area contributed by atoms with Gasteiger partial charge in [-0.2, -0.15) is 0 Å². The van der Waals surface area contributed by atoms with E-state index in [9.17, 15) is 0 Å². The Kier molecular flexibility index (Phi) is 2.65. The van der Waals surface area contributed by atoms with E-state index in [0.717, 1.165) is 5.57 Å². The van der Waals surface area contributed by atoms with Gasteiger partial charge in [0.05, 0.1) is 6.61 Å². The van der Waals surface area contributed by atoms with Crippen LogP contribution in [0.1, 0.15) is 13.8 Å². The van der Waals surface area contributed by atoms with Gasteiger partial charge in [-0.05, 0) is 25.5 Å². The number of hydrogen-bond acceptors (Lipinski definition) is 3. The lowest BCUT2D eigenvalue weighted by Gasteiger charge is -2.32. The molecule has 12 heavy (non-hydrogen) atoms. The number of nitrogens with zero attached hydrogens (tertiary/aromatic N) is 1. The third-order valence-corrected chi connectivity index (χ3v) is 2.25. The molecule has 0 saturated heterocycles. The number of ether oxygens (including phenoxy) is 1. The van der Waals surface area contributed by atoms with Gasteiger partial charge >= 0.3 is 0 Å². The molecule has 2 atom stereocenters. The molecule has 0 fully saturated rings. The Bertz CT molecular complexity index is 223. The fourth-order valence-corrected chi connectivity index (χ4v) is 1.36. The molecule has 0 saturated carbocycles. The van der Waals surface area contributed by atoms with Crippen LogP contribution < -0.4 is 0 Å². The first-order valence-electron chi connectivity index (χ1n) is 4.01. The number of aliphatic hydroxyl groups is 1. The molecular formula is C9H15NO2. The van der Waals surface area contributed by atoms with Crippen LogP contribution in [-0.4, -0.2) is 36.7 Å². The van der Waals surface area contributed by atoms with Crippen molar-refractivity contribution in [2.45, 2.75) is 25.5 Å². The highest BCUT2D eigenvalue weighted by molar-refractivity contribution is 5.79. The molecule has 68 valence electrons. The summed E-state index contributed by atoms with van der Waals surface area (Å²) >= 11 is 0. The summed E-state index contributed by atoms with van der Waals surface area (Å²) in [5.74, 6) is 0. The van der Waals surface area contributed by atoms with Crippen LogP contribution in [0.15, 0.2) is 16.6 Å². The van der Waals surface area contributed by atoms with Crippen molar-refractivity contribution in [2.24, 2.45) is 4.99 Å². The molecule has 0 spiro atoms. The smallest absolute Gasteiger partial charge is 0.108 e. The Morgan fingerprint density at radius 2 is 2.42 bits per heavy atom. The van der Waals surface area contributed by atoms with Gasteiger partial charge in [-0.3, -0.25) is 4.99 Å². The SMILES string of the molecule is COC1(C)C=C(C)C=NC1CO. The van der Waals surface area contributed by atoms with E-state index < -0.39 is 5.60 Å². The maximum absolute atomic E-state index is 9.02. The average molecular weight is 169 g/mol. The molecule has 0 aromatic carbocycles. The average Bonchev–Trinajstić information content (AvgIpc) is 2.05. The van der Waals surface area contributed by atoms with E-state index in [1.807, 2.05) is 19.9 Å². The number of allylic oxidation sites excluding steroid dienone is 1. The minimum atomic E-state index is -0.451. The van der Waals surface area contributed by atoms with Gasteiger partial charge in [-0.15, -0.1) is 0 Å². The minimum absolute atomic E-state index is 0.0185. The number of aliphatic hydroxyl groups excluding tert-OH is 1. The Morgan fingerprint density at radius 1 is 1.75 bits per heavy atom. The normalized spacial score (nSPS) is 35.0. The molecule has 0 bridgehead atoms. The van der Waals surface area contributed by atoms with E-state index in [1.54, 1.807) is 13.3 Å². The number of dihydropyridines is 1. The largest absolute Gasteiger partial charge is 0.394 e. The molecule has 3 heteroatoms. The zero-order valence-corrected chi connectivity index (χ0v) is 7.74. The molecule has 3 nitrogen and oxygen atoms in total. The quantitative estimate of drug-likeness (QED) is 0.663. The summed E-state index contributed by atoms with van der Waals surface area (Å²) < 4.78 is 5.30. The highest BCUT2D eigenvalue weighted by Gasteiger charge is 2.33. The molecule has 1 aliphatic heterocycles. The van der Waals surface area contributed by atoms with Crippen molar-refractivity contribution in [2.75, 3.05) is 13.7 Å². The molecular weight excluding hydrogens is 154 g/mol. The van der Waals surface area contributed by atoms with Crippen molar-refractivity contribution < 1.29 is 9.84 Å². The lowest BCUT2D eigenvalue weighted by Crippen LogP contribution is -2.42. The summed E-state index contributed by atoms with van der Waals surface area (Å²) in [6.45, 7) is 3.91. The highest BCUT2D eigenvalue weighted by atomic mass is 16.5. The summed E-state index contributed by atoms with van der Waals surface area (Å²) in [6.07, 6.45) is 3.75. The van der Waals surface area contributed by atoms with Crippen molar-refractivity contribution in [1.29, 1.82) is 0 Å². The number of aliphatic imine (C=N–C) groups is 1. The molecule has 0 aromatic rings. The Hall–Kier alpha value is -0.670. The van der Waals surface area contributed by atoms with E-state index in [1.165, 1.54) is 0 Å². The Labute approximate surface area is 72.8 Å². The fourth-order valence-electron chi connectivity index (χ4n) is 1.36. The molecule has 0 radical (unpaired) electrons. The monoisotopic (exact) mass is 169 g/mol. The van der Waals surface area contributed by atoms with Crippen molar-refractivity contribution in [1.82, 2.24) is 0 Å². The first kappa shape index (κ1) is 9.42. The van der Waals surface area contributed by atoms with Gasteiger partial charge in [0.2, 0.25) is 0 Å². The summed E-state index contributed by atoms with van der Waals surface area (Å²) in [5, 5.41) is 9.02. The van der Waals surface area contributed by atoms with Gasteiger partial charge in [-0.25, -0.2) is 0 Å². The summed E-state index contributed by atoms with van der Waals surface area (Å²) in [7, 11) is 1.63. The van der Waals surface area contributed by atoms with Gasteiger partial charge in [0.1, 0.15) is 11.6 Å². The Morgan fingerprint density at radius 3 is 2.92 bits per heavy atom. The van der Waals surface area contributed by atoms with E-state index in [-0.39, 0.29) is 12.6 Å². The van der Waals surface area contributed by atoms with E-state index in [4.69, 9.17) is 9.84 Å². The Balaban J connectivity index is 2.88. The van der Waals surface area contributed by atoms with E-state index >= 15 is 0 Å². The minimum Gasteiger partial charge on any atom is -0.394 e. The van der Waals surface area contributed by atoms with Gasteiger partial charge in [0.25, 0.3) is 0 Å². The van der Waals surface area contributed by atoms with E-state index in [2.05, 4.69) is 4.99 Å². The van der Waals surface area contributed by atoms with Crippen LogP contribution in [0.3, 0.4) is 0 Å². The van der Waals surface area contributed by atoms with Crippen molar-refractivity contribution >= 4 is 6.21 Å². The molecule has 1 aliphatic rings. The zero-order valence-electron chi connectivity index (χ0n) is 7.74. The predicted molar refractivity (Wildman–Crippen MR) is 48.5 cm³/mol. The van der Waals surface area contributed by atoms with Crippen LogP contribution in [0.5, 0.6) is 0 Å². The van der Waals surface area contributed by atoms with Gasteiger partial charge in [0, 0.05) is 13.3 Å². The lowest BCUT2D eigenvalue weighted by atomic mass is 9.92. The highest BCUT2D eigenvalue weighted by Crippen LogP contribution is 2.23. The molecule has 2 unspecified atom stereocenters. The molecule has 0 amide bonds. The van der Waals surface area contributed by atoms with Gasteiger partial charge in [-0.1, -0.05) is 0 Å². The summed E-state index contributed by atoms with van der Waals surface area (Å²) in [5.41, 5.74) is 0.622. The third-order valence-electron chi connectivity index (χ3n) is 2.25. The fraction of sp³-hybridized carbons (Fsp3) is 0.667. The maximum Gasteiger partial charge on any atom is 0.108 e. The zero-order chi connectivity index (χ0) is 9.19. The molecule has 0 aromatic heterocycles. The standard InChI is InChI=1S/C9H15NO2/c1-7-4-9(2,12-3)8(6-11)10-5-7/h4-5,8,11H,6H2,1-3H3. The second kappa shape index (κ2) is 3.37. The van der Waals surface area contributed by atoms with Crippen LogP contribution in [0.4, 0.5) is 0 Å². The molecule has 1 heterocycles. The van der Waals surface area contributed by atoms with Crippen molar-refractivity contribution in [3.8, 4) is 0 Å². The van der Waals surface area contributed by atoms with E-state index in [0.29, 0.717) is 0 Å². The number of methoxy groups -OCH3 is 1. The summed E-state index contributed by atoms with van der Waals surface area (Å²) in [4.78, 5) is 4.18. The van der Waals surface area contributed by atoms with Crippen LogP contribution in [0.25, 0.3) is 0 Å². The second-order valence-corrected chi connectivity index (χ2v) is 3.25.